The Bertz CT molecular complexity index is 1550. The van der Waals surface area contributed by atoms with Crippen LogP contribution in [-0.4, -0.2) is 52.0 Å². The number of benzene rings is 4. The van der Waals surface area contributed by atoms with Gasteiger partial charge in [0.2, 0.25) is 6.79 Å². The lowest BCUT2D eigenvalue weighted by Gasteiger charge is -2.32. The predicted octanol–water partition coefficient (Wildman–Crippen LogP) is 7.50. The van der Waals surface area contributed by atoms with Gasteiger partial charge < -0.3 is 24.4 Å². The van der Waals surface area contributed by atoms with Crippen LogP contribution in [0, 0.1) is 11.7 Å². The molecule has 6 heteroatoms. The van der Waals surface area contributed by atoms with Crippen molar-refractivity contribution in [2.75, 3.05) is 47.1 Å². The van der Waals surface area contributed by atoms with E-state index in [1.165, 1.54) is 45.5 Å². The molecule has 0 bridgehead atoms. The van der Waals surface area contributed by atoms with Crippen LogP contribution in [0.1, 0.15) is 46.6 Å². The first-order chi connectivity index (χ1) is 22.0. The van der Waals surface area contributed by atoms with Crippen LogP contribution in [0.5, 0.6) is 17.2 Å². The van der Waals surface area contributed by atoms with Crippen LogP contribution in [0.2, 0.25) is 0 Å². The van der Waals surface area contributed by atoms with Crippen molar-refractivity contribution in [3.8, 4) is 17.2 Å². The number of hydrogen-bond donors (Lipinski definition) is 1. The standard InChI is InChI=1S/C20H23N.C19H20FNO3/c1-21(2)15-7-12-20-18-10-5-3-8-16(18)13-14-17-9-4-6-11-19(17)20;20-15-3-1-13(2-4-15)17-7-8-21-10-14(17)11-22-16-5-6-18-19(9-16)24-12-23-18/h3-6,8-12H,7,13-15H2,1-2H3;1-6,9,14,17,21H,7-8,10-12H2/t;14-,17-/m.0/s1. The summed E-state index contributed by atoms with van der Waals surface area (Å²) in [4.78, 5) is 2.24. The zero-order chi connectivity index (χ0) is 31.0. The fourth-order valence-electron chi connectivity index (χ4n) is 6.52. The van der Waals surface area contributed by atoms with E-state index in [4.69, 9.17) is 14.2 Å². The van der Waals surface area contributed by atoms with Crippen LogP contribution in [0.25, 0.3) is 5.57 Å². The molecule has 1 aliphatic carbocycles. The Morgan fingerprint density at radius 2 is 1.56 bits per heavy atom. The second-order valence-corrected chi connectivity index (χ2v) is 12.3. The number of fused-ring (bicyclic) bond motifs is 3. The molecular weight excluding hydrogens is 563 g/mol. The number of nitrogens with zero attached hydrogens (tertiary/aromatic N) is 1. The summed E-state index contributed by atoms with van der Waals surface area (Å²) in [5.74, 6) is 2.79. The molecule has 1 fully saturated rings. The lowest BCUT2D eigenvalue weighted by molar-refractivity contribution is 0.173. The second-order valence-electron chi connectivity index (χ2n) is 12.3. The molecule has 234 valence electrons. The Labute approximate surface area is 266 Å². The normalized spacial score (nSPS) is 18.3. The molecule has 2 heterocycles. The maximum absolute atomic E-state index is 13.2. The molecule has 0 aromatic heterocycles. The van der Waals surface area contributed by atoms with Crippen molar-refractivity contribution in [2.24, 2.45) is 5.92 Å². The first-order valence-electron chi connectivity index (χ1n) is 16.1. The molecule has 45 heavy (non-hydrogen) atoms. The SMILES string of the molecule is CN(C)CCC=C1c2ccccc2CCc2ccccc21.Fc1ccc([C@@H]2CCNC[C@H]2COc2ccc3c(c2)OCO3)cc1. The molecule has 0 unspecified atom stereocenters. The number of hydrogen-bond acceptors (Lipinski definition) is 5. The number of rotatable bonds is 7. The van der Waals surface area contributed by atoms with E-state index < -0.39 is 0 Å². The first-order valence-corrected chi connectivity index (χ1v) is 16.1. The molecular formula is C39H43FN2O3. The molecule has 0 radical (unpaired) electrons. The van der Waals surface area contributed by atoms with E-state index in [-0.39, 0.29) is 12.6 Å². The molecule has 2 atom stereocenters. The molecule has 2 aliphatic heterocycles. The summed E-state index contributed by atoms with van der Waals surface area (Å²) >= 11 is 0. The first kappa shape index (κ1) is 30.9. The number of nitrogens with one attached hydrogen (secondary N) is 1. The van der Waals surface area contributed by atoms with E-state index in [2.05, 4.69) is 78.9 Å². The predicted molar refractivity (Wildman–Crippen MR) is 179 cm³/mol. The molecule has 5 nitrogen and oxygen atoms in total. The quantitative estimate of drug-likeness (QED) is 0.236. The second kappa shape index (κ2) is 14.8. The number of aryl methyl sites for hydroxylation is 2. The molecule has 0 spiro atoms. The highest BCUT2D eigenvalue weighted by Crippen LogP contribution is 2.37. The van der Waals surface area contributed by atoms with Gasteiger partial charge in [-0.3, -0.25) is 0 Å². The summed E-state index contributed by atoms with van der Waals surface area (Å²) in [7, 11) is 4.26. The number of ether oxygens (including phenoxy) is 3. The van der Waals surface area contributed by atoms with Crippen molar-refractivity contribution in [1.29, 1.82) is 0 Å². The highest BCUT2D eigenvalue weighted by Gasteiger charge is 2.27. The molecule has 3 aliphatic rings. The maximum atomic E-state index is 13.2. The lowest BCUT2D eigenvalue weighted by Crippen LogP contribution is -2.38. The van der Waals surface area contributed by atoms with Gasteiger partial charge in [0.1, 0.15) is 11.6 Å². The Hall–Kier alpha value is -4.13. The summed E-state index contributed by atoms with van der Waals surface area (Å²) < 4.78 is 29.9. The molecule has 0 amide bonds. The molecule has 1 N–H and O–H groups in total. The van der Waals surface area contributed by atoms with Gasteiger partial charge in [-0.1, -0.05) is 66.7 Å². The summed E-state index contributed by atoms with van der Waals surface area (Å²) in [5, 5.41) is 3.43. The average molecular weight is 607 g/mol. The van der Waals surface area contributed by atoms with Crippen molar-refractivity contribution >= 4 is 5.57 Å². The van der Waals surface area contributed by atoms with Crippen molar-refractivity contribution in [3.63, 3.8) is 0 Å². The van der Waals surface area contributed by atoms with Gasteiger partial charge in [-0.2, -0.15) is 0 Å². The number of halogens is 1. The van der Waals surface area contributed by atoms with Gasteiger partial charge in [-0.25, -0.2) is 4.39 Å². The largest absolute Gasteiger partial charge is 0.493 e. The van der Waals surface area contributed by atoms with Crippen molar-refractivity contribution in [3.05, 3.63) is 131 Å². The zero-order valence-electron chi connectivity index (χ0n) is 26.3. The zero-order valence-corrected chi connectivity index (χ0v) is 26.3. The third-order valence-electron chi connectivity index (χ3n) is 8.92. The van der Waals surface area contributed by atoms with Crippen LogP contribution < -0.4 is 19.5 Å². The number of piperidine rings is 1. The Kier molecular flexibility index (Phi) is 10.1. The fraction of sp³-hybridized carbons (Fsp3) is 0.333. The van der Waals surface area contributed by atoms with Crippen LogP contribution in [0.4, 0.5) is 4.39 Å². The minimum absolute atomic E-state index is 0.194. The van der Waals surface area contributed by atoms with Gasteiger partial charge in [-0.15, -0.1) is 0 Å². The van der Waals surface area contributed by atoms with Crippen molar-refractivity contribution in [2.45, 2.75) is 31.6 Å². The van der Waals surface area contributed by atoms with Gasteiger partial charge in [-0.05, 0) is 110 Å². The van der Waals surface area contributed by atoms with Crippen LogP contribution in [0.15, 0.2) is 97.1 Å². The van der Waals surface area contributed by atoms with E-state index in [0.717, 1.165) is 62.6 Å². The Morgan fingerprint density at radius 1 is 0.867 bits per heavy atom. The Morgan fingerprint density at radius 3 is 2.27 bits per heavy atom. The molecule has 1 saturated heterocycles. The topological polar surface area (TPSA) is 43.0 Å². The van der Waals surface area contributed by atoms with Gasteiger partial charge >= 0.3 is 0 Å². The Balaban J connectivity index is 0.000000160. The van der Waals surface area contributed by atoms with E-state index >= 15 is 0 Å². The smallest absolute Gasteiger partial charge is 0.231 e. The van der Waals surface area contributed by atoms with Gasteiger partial charge in [0, 0.05) is 25.1 Å². The summed E-state index contributed by atoms with van der Waals surface area (Å²) in [6.07, 6.45) is 6.81. The van der Waals surface area contributed by atoms with Gasteiger partial charge in [0.25, 0.3) is 0 Å². The van der Waals surface area contributed by atoms with Crippen LogP contribution in [-0.2, 0) is 12.8 Å². The van der Waals surface area contributed by atoms with E-state index in [0.29, 0.717) is 18.4 Å². The molecule has 7 rings (SSSR count). The van der Waals surface area contributed by atoms with Gasteiger partial charge in [0.15, 0.2) is 11.5 Å². The fourth-order valence-corrected chi connectivity index (χ4v) is 6.52. The third kappa shape index (κ3) is 7.75. The van der Waals surface area contributed by atoms with E-state index in [1.807, 2.05) is 30.3 Å². The van der Waals surface area contributed by atoms with Crippen molar-refractivity contribution in [1.82, 2.24) is 10.2 Å². The third-order valence-corrected chi connectivity index (χ3v) is 8.92. The summed E-state index contributed by atoms with van der Waals surface area (Å²) in [6.45, 7) is 3.83. The monoisotopic (exact) mass is 606 g/mol. The minimum atomic E-state index is -0.194. The molecule has 4 aromatic carbocycles. The van der Waals surface area contributed by atoms with Crippen molar-refractivity contribution < 1.29 is 18.6 Å². The molecule has 4 aromatic rings. The van der Waals surface area contributed by atoms with Crippen LogP contribution >= 0.6 is 0 Å². The highest BCUT2D eigenvalue weighted by atomic mass is 19.1. The maximum Gasteiger partial charge on any atom is 0.231 e. The summed E-state index contributed by atoms with van der Waals surface area (Å²) in [6, 6.07) is 30.2. The van der Waals surface area contributed by atoms with E-state index in [9.17, 15) is 4.39 Å². The van der Waals surface area contributed by atoms with Crippen LogP contribution in [0.3, 0.4) is 0 Å². The lowest BCUT2D eigenvalue weighted by atomic mass is 9.81. The highest BCUT2D eigenvalue weighted by molar-refractivity contribution is 5.83. The van der Waals surface area contributed by atoms with Gasteiger partial charge in [0.05, 0.1) is 6.61 Å². The van der Waals surface area contributed by atoms with E-state index in [1.54, 1.807) is 0 Å². The minimum Gasteiger partial charge on any atom is -0.493 e. The average Bonchev–Trinajstić information content (AvgIpc) is 3.48. The molecule has 0 saturated carbocycles. The summed E-state index contributed by atoms with van der Waals surface area (Å²) in [5.41, 5.74) is 8.38.